The maximum atomic E-state index is 13.4. The minimum absolute atomic E-state index is 0.123. The molecule has 1 aromatic heterocycles. The van der Waals surface area contributed by atoms with Gasteiger partial charge in [0.25, 0.3) is 5.91 Å². The fourth-order valence-corrected chi connectivity index (χ4v) is 3.33. The Labute approximate surface area is 169 Å². The zero-order valence-corrected chi connectivity index (χ0v) is 16.2. The second kappa shape index (κ2) is 8.75. The number of benzene rings is 2. The van der Waals surface area contributed by atoms with E-state index in [0.717, 1.165) is 22.6 Å². The second-order valence-electron chi connectivity index (χ2n) is 6.73. The Balaban J connectivity index is 1.61. The van der Waals surface area contributed by atoms with Gasteiger partial charge in [-0.3, -0.25) is 9.78 Å². The summed E-state index contributed by atoms with van der Waals surface area (Å²) in [6.07, 6.45) is 1.04. The van der Waals surface area contributed by atoms with Gasteiger partial charge in [0, 0.05) is 19.9 Å². The van der Waals surface area contributed by atoms with Gasteiger partial charge in [0.05, 0.1) is 12.2 Å². The zero-order chi connectivity index (χ0) is 20.1. The van der Waals surface area contributed by atoms with Crippen molar-refractivity contribution in [3.8, 4) is 11.5 Å². The summed E-state index contributed by atoms with van der Waals surface area (Å²) in [5.41, 5.74) is 2.57. The SMILES string of the molecule is COC(C(=O)N(Cc1ccc2c(c1)OCO2)Cc1ccccn1)c1ccccc1. The summed E-state index contributed by atoms with van der Waals surface area (Å²) in [4.78, 5) is 19.6. The third-order valence-corrected chi connectivity index (χ3v) is 4.76. The number of carbonyl (C=O) groups is 1. The minimum atomic E-state index is -0.686. The second-order valence-corrected chi connectivity index (χ2v) is 6.73. The van der Waals surface area contributed by atoms with Crippen LogP contribution in [-0.4, -0.2) is 29.7 Å². The molecule has 0 fully saturated rings. The highest BCUT2D eigenvalue weighted by Gasteiger charge is 2.27. The molecular weight excluding hydrogens is 368 g/mol. The van der Waals surface area contributed by atoms with Gasteiger partial charge in [-0.2, -0.15) is 0 Å². The van der Waals surface area contributed by atoms with Crippen LogP contribution in [0, 0.1) is 0 Å². The van der Waals surface area contributed by atoms with Crippen LogP contribution in [0.25, 0.3) is 0 Å². The molecule has 1 amide bonds. The van der Waals surface area contributed by atoms with E-state index in [4.69, 9.17) is 14.2 Å². The Bertz CT molecular complexity index is 963. The van der Waals surface area contributed by atoms with Crippen molar-refractivity contribution in [3.05, 3.63) is 89.7 Å². The number of hydrogen-bond acceptors (Lipinski definition) is 5. The van der Waals surface area contributed by atoms with Crippen LogP contribution in [-0.2, 0) is 22.6 Å². The summed E-state index contributed by atoms with van der Waals surface area (Å²) in [5.74, 6) is 1.29. The first-order valence-corrected chi connectivity index (χ1v) is 9.39. The van der Waals surface area contributed by atoms with Crippen LogP contribution in [0.2, 0.25) is 0 Å². The van der Waals surface area contributed by atoms with Crippen molar-refractivity contribution < 1.29 is 19.0 Å². The summed E-state index contributed by atoms with van der Waals surface area (Å²) in [7, 11) is 1.55. The molecule has 6 heteroatoms. The van der Waals surface area contributed by atoms with Gasteiger partial charge < -0.3 is 19.1 Å². The fourth-order valence-electron chi connectivity index (χ4n) is 3.33. The Hall–Kier alpha value is -3.38. The normalized spacial score (nSPS) is 13.1. The first-order chi connectivity index (χ1) is 14.2. The molecule has 0 bridgehead atoms. The van der Waals surface area contributed by atoms with E-state index in [-0.39, 0.29) is 12.7 Å². The third-order valence-electron chi connectivity index (χ3n) is 4.76. The molecule has 1 atom stereocenters. The number of pyridine rings is 1. The number of fused-ring (bicyclic) bond motifs is 1. The first-order valence-electron chi connectivity index (χ1n) is 9.39. The number of rotatable bonds is 7. The van der Waals surface area contributed by atoms with Crippen LogP contribution in [0.4, 0.5) is 0 Å². The number of aromatic nitrogens is 1. The summed E-state index contributed by atoms with van der Waals surface area (Å²) in [6.45, 7) is 0.995. The van der Waals surface area contributed by atoms with Gasteiger partial charge >= 0.3 is 0 Å². The van der Waals surface area contributed by atoms with Crippen molar-refractivity contribution in [1.29, 1.82) is 0 Å². The van der Waals surface area contributed by atoms with Crippen molar-refractivity contribution in [1.82, 2.24) is 9.88 Å². The van der Waals surface area contributed by atoms with Crippen LogP contribution in [0.3, 0.4) is 0 Å². The standard InChI is InChI=1S/C23H22N2O4/c1-27-22(18-7-3-2-4-8-18)23(26)25(15-19-9-5-6-12-24-19)14-17-10-11-20-21(13-17)29-16-28-20/h2-13,22H,14-16H2,1H3. The van der Waals surface area contributed by atoms with Crippen molar-refractivity contribution in [2.24, 2.45) is 0 Å². The van der Waals surface area contributed by atoms with Crippen LogP contribution in [0.1, 0.15) is 22.9 Å². The average Bonchev–Trinajstić information content (AvgIpc) is 3.23. The molecular formula is C23H22N2O4. The molecule has 2 aromatic carbocycles. The van der Waals surface area contributed by atoms with Crippen LogP contribution < -0.4 is 9.47 Å². The van der Waals surface area contributed by atoms with Crippen LogP contribution in [0.15, 0.2) is 72.9 Å². The van der Waals surface area contributed by atoms with Crippen molar-refractivity contribution in [2.75, 3.05) is 13.9 Å². The average molecular weight is 390 g/mol. The first kappa shape index (κ1) is 19.0. The molecule has 6 nitrogen and oxygen atoms in total. The Morgan fingerprint density at radius 2 is 1.83 bits per heavy atom. The van der Waals surface area contributed by atoms with E-state index >= 15 is 0 Å². The van der Waals surface area contributed by atoms with Crippen LogP contribution >= 0.6 is 0 Å². The lowest BCUT2D eigenvalue weighted by molar-refractivity contribution is -0.143. The van der Waals surface area contributed by atoms with E-state index < -0.39 is 6.10 Å². The highest BCUT2D eigenvalue weighted by molar-refractivity contribution is 5.82. The van der Waals surface area contributed by atoms with E-state index in [1.807, 2.05) is 66.7 Å². The molecule has 0 N–H and O–H groups in total. The van der Waals surface area contributed by atoms with Gasteiger partial charge in [0.2, 0.25) is 6.79 Å². The summed E-state index contributed by atoms with van der Waals surface area (Å²) in [5, 5.41) is 0. The predicted molar refractivity (Wildman–Crippen MR) is 107 cm³/mol. The van der Waals surface area contributed by atoms with Crippen LogP contribution in [0.5, 0.6) is 11.5 Å². The van der Waals surface area contributed by atoms with Gasteiger partial charge in [0.15, 0.2) is 17.6 Å². The lowest BCUT2D eigenvalue weighted by Crippen LogP contribution is -2.35. The highest BCUT2D eigenvalue weighted by atomic mass is 16.7. The van der Waals surface area contributed by atoms with Gasteiger partial charge in [-0.25, -0.2) is 0 Å². The molecule has 3 aromatic rings. The monoisotopic (exact) mass is 390 g/mol. The predicted octanol–water partition coefficient (Wildman–Crippen LogP) is 3.73. The highest BCUT2D eigenvalue weighted by Crippen LogP contribution is 2.33. The minimum Gasteiger partial charge on any atom is -0.454 e. The van der Waals surface area contributed by atoms with E-state index in [0.29, 0.717) is 18.8 Å². The Morgan fingerprint density at radius 3 is 2.59 bits per heavy atom. The summed E-state index contributed by atoms with van der Waals surface area (Å²) < 4.78 is 16.4. The molecule has 0 saturated carbocycles. The fraction of sp³-hybridized carbons (Fsp3) is 0.217. The quantitative estimate of drug-likeness (QED) is 0.615. The topological polar surface area (TPSA) is 60.9 Å². The summed E-state index contributed by atoms with van der Waals surface area (Å²) >= 11 is 0. The molecule has 4 rings (SSSR count). The third kappa shape index (κ3) is 4.38. The van der Waals surface area contributed by atoms with E-state index in [2.05, 4.69) is 4.98 Å². The molecule has 0 spiro atoms. The van der Waals surface area contributed by atoms with Gasteiger partial charge in [-0.15, -0.1) is 0 Å². The number of nitrogens with zero attached hydrogens (tertiary/aromatic N) is 2. The van der Waals surface area contributed by atoms with E-state index in [1.165, 1.54) is 0 Å². The zero-order valence-electron chi connectivity index (χ0n) is 16.2. The molecule has 0 aliphatic carbocycles. The van der Waals surface area contributed by atoms with Crippen molar-refractivity contribution >= 4 is 5.91 Å². The molecule has 29 heavy (non-hydrogen) atoms. The number of ether oxygens (including phenoxy) is 3. The number of carbonyl (C=O) groups excluding carboxylic acids is 1. The molecule has 148 valence electrons. The van der Waals surface area contributed by atoms with Gasteiger partial charge in [-0.05, 0) is 35.4 Å². The molecule has 1 aliphatic heterocycles. The Kier molecular flexibility index (Phi) is 5.72. The maximum absolute atomic E-state index is 13.4. The van der Waals surface area contributed by atoms with E-state index in [1.54, 1.807) is 18.2 Å². The molecule has 2 heterocycles. The lowest BCUT2D eigenvalue weighted by atomic mass is 10.1. The number of amides is 1. The molecule has 1 aliphatic rings. The number of methoxy groups -OCH3 is 1. The molecule has 1 unspecified atom stereocenters. The van der Waals surface area contributed by atoms with Gasteiger partial charge in [0.1, 0.15) is 0 Å². The summed E-state index contributed by atoms with van der Waals surface area (Å²) in [6, 6.07) is 20.9. The molecule has 0 radical (unpaired) electrons. The molecule has 0 saturated heterocycles. The lowest BCUT2D eigenvalue weighted by Gasteiger charge is -2.27. The van der Waals surface area contributed by atoms with E-state index in [9.17, 15) is 4.79 Å². The van der Waals surface area contributed by atoms with Crippen molar-refractivity contribution in [2.45, 2.75) is 19.2 Å². The van der Waals surface area contributed by atoms with Crippen molar-refractivity contribution in [3.63, 3.8) is 0 Å². The maximum Gasteiger partial charge on any atom is 0.256 e. The Morgan fingerprint density at radius 1 is 1.03 bits per heavy atom. The van der Waals surface area contributed by atoms with Gasteiger partial charge in [-0.1, -0.05) is 42.5 Å². The number of hydrogen-bond donors (Lipinski definition) is 0. The smallest absolute Gasteiger partial charge is 0.256 e. The largest absolute Gasteiger partial charge is 0.454 e.